The molecule has 0 rings (SSSR count). The van der Waals surface area contributed by atoms with Crippen molar-refractivity contribution < 1.29 is 9.53 Å². The summed E-state index contributed by atoms with van der Waals surface area (Å²) < 4.78 is 4.56. The van der Waals surface area contributed by atoms with Crippen molar-refractivity contribution in [1.82, 2.24) is 5.43 Å². The Morgan fingerprint density at radius 2 is 2.00 bits per heavy atom. The summed E-state index contributed by atoms with van der Waals surface area (Å²) in [6.45, 7) is 10.9. The molecular weight excluding hydrogens is 282 g/mol. The number of carbonyl (C=O) groups excluding carboxylic acids is 1. The van der Waals surface area contributed by atoms with Crippen molar-refractivity contribution in [3.63, 3.8) is 0 Å². The lowest BCUT2D eigenvalue weighted by molar-refractivity contribution is -0.139. The molecule has 0 atom stereocenters. The fourth-order valence-electron chi connectivity index (χ4n) is 1.41. The molecule has 0 aliphatic heterocycles. The van der Waals surface area contributed by atoms with Gasteiger partial charge in [-0.25, -0.2) is 0 Å². The Hall–Kier alpha value is -2.70. The highest BCUT2D eigenvalue weighted by atomic mass is 16.5. The highest BCUT2D eigenvalue weighted by Gasteiger charge is 2.06. The van der Waals surface area contributed by atoms with Crippen LogP contribution in [0, 0.1) is 0 Å². The largest absolute Gasteiger partial charge is 0.469 e. The molecule has 0 spiro atoms. The summed E-state index contributed by atoms with van der Waals surface area (Å²) in [4.78, 5) is 19.3. The van der Waals surface area contributed by atoms with Crippen LogP contribution in [0.15, 0.2) is 51.9 Å². The van der Waals surface area contributed by atoms with Crippen LogP contribution in [0.1, 0.15) is 20.3 Å². The van der Waals surface area contributed by atoms with Crippen LogP contribution in [0.25, 0.3) is 0 Å². The summed E-state index contributed by atoms with van der Waals surface area (Å²) in [6, 6.07) is 0. The minimum Gasteiger partial charge on any atom is -0.469 e. The van der Waals surface area contributed by atoms with Gasteiger partial charge in [0.15, 0.2) is 0 Å². The molecule has 7 nitrogen and oxygen atoms in total. The Bertz CT molecular complexity index is 556. The van der Waals surface area contributed by atoms with Gasteiger partial charge in [-0.1, -0.05) is 13.2 Å². The number of allylic oxidation sites excluding steroid dienone is 2. The second-order valence-electron chi connectivity index (χ2n) is 4.36. The van der Waals surface area contributed by atoms with Crippen LogP contribution in [0.3, 0.4) is 0 Å². The molecule has 22 heavy (non-hydrogen) atoms. The number of carbonyl (C=O) groups is 1. The Morgan fingerprint density at radius 1 is 1.36 bits per heavy atom. The molecule has 0 aromatic heterocycles. The van der Waals surface area contributed by atoms with Crippen LogP contribution in [-0.4, -0.2) is 37.3 Å². The maximum Gasteiger partial charge on any atom is 0.311 e. The summed E-state index contributed by atoms with van der Waals surface area (Å²) >= 11 is 0. The zero-order valence-electron chi connectivity index (χ0n) is 13.5. The maximum absolute atomic E-state index is 11.1. The van der Waals surface area contributed by atoms with Gasteiger partial charge in [0.25, 0.3) is 0 Å². The second-order valence-corrected chi connectivity index (χ2v) is 4.36. The summed E-state index contributed by atoms with van der Waals surface area (Å²) in [7, 11) is 2.97. The van der Waals surface area contributed by atoms with Crippen LogP contribution >= 0.6 is 0 Å². The summed E-state index contributed by atoms with van der Waals surface area (Å²) in [6.07, 6.45) is 3.37. The van der Waals surface area contributed by atoms with E-state index in [-0.39, 0.29) is 18.2 Å². The monoisotopic (exact) mass is 305 g/mol. The summed E-state index contributed by atoms with van der Waals surface area (Å²) in [5, 5.41) is 4.03. The summed E-state index contributed by atoms with van der Waals surface area (Å²) in [5.41, 5.74) is 10.4. The maximum atomic E-state index is 11.1. The third kappa shape index (κ3) is 7.78. The lowest BCUT2D eigenvalue weighted by Crippen LogP contribution is -2.19. The highest BCUT2D eigenvalue weighted by molar-refractivity contribution is 6.48. The molecule has 120 valence electrons. The van der Waals surface area contributed by atoms with Gasteiger partial charge < -0.3 is 10.5 Å². The second kappa shape index (κ2) is 10.1. The number of nitrogens with zero attached hydrogens (tertiary/aromatic N) is 3. The lowest BCUT2D eigenvalue weighted by atomic mass is 10.1. The highest BCUT2D eigenvalue weighted by Crippen LogP contribution is 2.01. The fraction of sp³-hybridized carbons (Fsp3) is 0.333. The van der Waals surface area contributed by atoms with E-state index in [4.69, 9.17) is 5.73 Å². The SMILES string of the molecule is C=C(N)N/N=C(C)/C(=N\C)C(=C)/C=C\N=C(/C)CC(=O)OC. The molecule has 0 aromatic rings. The molecule has 0 aliphatic rings. The van der Waals surface area contributed by atoms with E-state index < -0.39 is 0 Å². The van der Waals surface area contributed by atoms with Crippen molar-refractivity contribution in [2.24, 2.45) is 20.8 Å². The first kappa shape index (κ1) is 19.3. The Labute approximate surface area is 131 Å². The number of nitrogens with one attached hydrogen (secondary N) is 1. The molecule has 0 amide bonds. The zero-order chi connectivity index (χ0) is 17.1. The van der Waals surface area contributed by atoms with Crippen LogP contribution in [0.5, 0.6) is 0 Å². The number of aliphatic imine (C=N–C) groups is 2. The molecule has 0 radical (unpaired) electrons. The number of nitrogens with two attached hydrogens (primary N) is 1. The predicted molar refractivity (Wildman–Crippen MR) is 91.0 cm³/mol. The van der Waals surface area contributed by atoms with E-state index in [0.29, 0.717) is 22.7 Å². The number of hydrazone groups is 1. The van der Waals surface area contributed by atoms with E-state index in [1.165, 1.54) is 7.11 Å². The molecule has 7 heteroatoms. The molecule has 0 unspecified atom stereocenters. The van der Waals surface area contributed by atoms with Crippen molar-refractivity contribution in [1.29, 1.82) is 0 Å². The van der Waals surface area contributed by atoms with Gasteiger partial charge in [0, 0.05) is 19.0 Å². The third-order valence-corrected chi connectivity index (χ3v) is 2.44. The Kier molecular flexibility index (Phi) is 8.85. The van der Waals surface area contributed by atoms with Gasteiger partial charge in [0.05, 0.1) is 25.0 Å². The lowest BCUT2D eigenvalue weighted by Gasteiger charge is -2.06. The molecule has 0 saturated carbocycles. The normalized spacial score (nSPS) is 13.2. The minimum absolute atomic E-state index is 0.144. The van der Waals surface area contributed by atoms with Gasteiger partial charge in [-0.15, -0.1) is 0 Å². The Balaban J connectivity index is 4.84. The number of rotatable bonds is 8. The topological polar surface area (TPSA) is 101 Å². The van der Waals surface area contributed by atoms with Crippen molar-refractivity contribution in [2.45, 2.75) is 20.3 Å². The molecular formula is C15H23N5O2. The van der Waals surface area contributed by atoms with E-state index in [1.54, 1.807) is 33.2 Å². The van der Waals surface area contributed by atoms with Gasteiger partial charge >= 0.3 is 5.97 Å². The fourth-order valence-corrected chi connectivity index (χ4v) is 1.41. The average Bonchev–Trinajstić information content (AvgIpc) is 2.45. The molecule has 0 bridgehead atoms. The quantitative estimate of drug-likeness (QED) is 0.307. The number of esters is 1. The van der Waals surface area contributed by atoms with E-state index in [1.807, 2.05) is 0 Å². The zero-order valence-corrected chi connectivity index (χ0v) is 13.5. The Morgan fingerprint density at radius 3 is 2.50 bits per heavy atom. The van der Waals surface area contributed by atoms with Gasteiger partial charge in [0.2, 0.25) is 0 Å². The van der Waals surface area contributed by atoms with Crippen LogP contribution < -0.4 is 11.2 Å². The molecule has 0 fully saturated rings. The van der Waals surface area contributed by atoms with Gasteiger partial charge in [0.1, 0.15) is 5.82 Å². The van der Waals surface area contributed by atoms with Gasteiger partial charge in [-0.2, -0.15) is 5.10 Å². The third-order valence-electron chi connectivity index (χ3n) is 2.44. The van der Waals surface area contributed by atoms with E-state index in [0.717, 1.165) is 0 Å². The minimum atomic E-state index is -0.333. The van der Waals surface area contributed by atoms with Crippen molar-refractivity contribution in [2.75, 3.05) is 14.2 Å². The van der Waals surface area contributed by atoms with Crippen molar-refractivity contribution >= 4 is 23.1 Å². The predicted octanol–water partition coefficient (Wildman–Crippen LogP) is 1.55. The summed E-state index contributed by atoms with van der Waals surface area (Å²) in [5.74, 6) is -0.0978. The van der Waals surface area contributed by atoms with E-state index >= 15 is 0 Å². The first-order valence-electron chi connectivity index (χ1n) is 6.49. The number of hydrogen-bond acceptors (Lipinski definition) is 7. The van der Waals surface area contributed by atoms with Gasteiger partial charge in [-0.05, 0) is 25.5 Å². The van der Waals surface area contributed by atoms with E-state index in [9.17, 15) is 4.79 Å². The molecule has 3 N–H and O–H groups in total. The molecule has 0 heterocycles. The number of hydrogen-bond donors (Lipinski definition) is 2. The van der Waals surface area contributed by atoms with Crippen molar-refractivity contribution in [3.8, 4) is 0 Å². The van der Waals surface area contributed by atoms with Crippen LogP contribution in [0.4, 0.5) is 0 Å². The molecule has 0 aromatic carbocycles. The molecule has 0 saturated heterocycles. The first-order chi connectivity index (χ1) is 10.3. The number of ether oxygens (including phenoxy) is 1. The van der Waals surface area contributed by atoms with Crippen molar-refractivity contribution in [3.05, 3.63) is 36.8 Å². The molecule has 0 aliphatic carbocycles. The van der Waals surface area contributed by atoms with Gasteiger partial charge in [-0.3, -0.25) is 20.2 Å². The van der Waals surface area contributed by atoms with Crippen LogP contribution in [-0.2, 0) is 9.53 Å². The number of methoxy groups -OCH3 is 1. The average molecular weight is 305 g/mol. The standard InChI is InChI=1S/C15H23N5O2/c1-10(7-8-18-11(2)9-14(21)22-6)15(17-5)12(3)19-20-13(4)16/h7-8,20H,1,4,9,16H2,2-3,5-6H3/b8-7-,17-15-,18-11+,19-12+. The first-order valence-corrected chi connectivity index (χ1v) is 6.49. The van der Waals surface area contributed by atoms with E-state index in [2.05, 4.69) is 38.4 Å². The van der Waals surface area contributed by atoms with Crippen LogP contribution in [0.2, 0.25) is 0 Å². The smallest absolute Gasteiger partial charge is 0.311 e.